The molecule has 0 heterocycles. The van der Waals surface area contributed by atoms with Crippen LogP contribution in [0.2, 0.25) is 0 Å². The van der Waals surface area contributed by atoms with Crippen LogP contribution in [-0.4, -0.2) is 30.6 Å². The molecule has 0 radical (unpaired) electrons. The lowest BCUT2D eigenvalue weighted by molar-refractivity contribution is -0.151. The van der Waals surface area contributed by atoms with E-state index in [1.165, 1.54) is 26.2 Å². The van der Waals surface area contributed by atoms with Crippen LogP contribution in [0.1, 0.15) is 19.4 Å². The fourth-order valence-electron chi connectivity index (χ4n) is 1.76. The zero-order valence-corrected chi connectivity index (χ0v) is 11.3. The van der Waals surface area contributed by atoms with Crippen molar-refractivity contribution in [2.45, 2.75) is 20.3 Å². The van der Waals surface area contributed by atoms with E-state index in [1.807, 2.05) is 0 Å². The maximum atomic E-state index is 11.7. The van der Waals surface area contributed by atoms with Crippen LogP contribution < -0.4 is 4.74 Å². The van der Waals surface area contributed by atoms with Crippen molar-refractivity contribution in [1.82, 2.24) is 0 Å². The first-order valence-electron chi connectivity index (χ1n) is 6.02. The van der Waals surface area contributed by atoms with Gasteiger partial charge < -0.3 is 14.6 Å². The fraction of sp³-hybridized carbons (Fsp3) is 0.429. The molecule has 0 spiro atoms. The van der Waals surface area contributed by atoms with Crippen LogP contribution in [0.4, 0.5) is 0 Å². The number of benzene rings is 1. The molecule has 1 unspecified atom stereocenters. The molecule has 1 atom stereocenters. The topological polar surface area (TPSA) is 72.8 Å². The van der Waals surface area contributed by atoms with Crippen molar-refractivity contribution in [2.24, 2.45) is 5.92 Å². The van der Waals surface area contributed by atoms with Crippen molar-refractivity contribution >= 4 is 11.8 Å². The second-order valence-electron chi connectivity index (χ2n) is 4.12. The SMILES string of the molecule is CCOC(=O)C(Cc1ccc(O)cc1OC)C(C)=O. The molecule has 0 bridgehead atoms. The first kappa shape index (κ1) is 15.0. The van der Waals surface area contributed by atoms with E-state index in [4.69, 9.17) is 9.47 Å². The third-order valence-electron chi connectivity index (χ3n) is 2.76. The van der Waals surface area contributed by atoms with Crippen molar-refractivity contribution in [3.05, 3.63) is 23.8 Å². The number of Topliss-reactive ketones (excluding diaryl/α,β-unsaturated/α-hetero) is 1. The second kappa shape index (κ2) is 6.78. The Morgan fingerprint density at radius 3 is 2.58 bits per heavy atom. The molecule has 5 nitrogen and oxygen atoms in total. The molecule has 0 fully saturated rings. The highest BCUT2D eigenvalue weighted by Crippen LogP contribution is 2.26. The molecule has 19 heavy (non-hydrogen) atoms. The predicted octanol–water partition coefficient (Wildman–Crippen LogP) is 1.71. The molecule has 1 rings (SSSR count). The van der Waals surface area contributed by atoms with E-state index in [0.717, 1.165) is 0 Å². The largest absolute Gasteiger partial charge is 0.508 e. The number of aromatic hydroxyl groups is 1. The van der Waals surface area contributed by atoms with E-state index < -0.39 is 11.9 Å². The number of methoxy groups -OCH3 is 1. The molecule has 5 heteroatoms. The van der Waals surface area contributed by atoms with Gasteiger partial charge in [0.05, 0.1) is 13.7 Å². The highest BCUT2D eigenvalue weighted by molar-refractivity contribution is 5.98. The summed E-state index contributed by atoms with van der Waals surface area (Å²) in [7, 11) is 1.46. The summed E-state index contributed by atoms with van der Waals surface area (Å²) >= 11 is 0. The van der Waals surface area contributed by atoms with Crippen LogP contribution in [-0.2, 0) is 20.7 Å². The summed E-state index contributed by atoms with van der Waals surface area (Å²) in [5.41, 5.74) is 0.675. The van der Waals surface area contributed by atoms with Gasteiger partial charge in [-0.05, 0) is 31.9 Å². The van der Waals surface area contributed by atoms with Crippen LogP contribution in [0.5, 0.6) is 11.5 Å². The maximum absolute atomic E-state index is 11.7. The number of ether oxygens (including phenoxy) is 2. The summed E-state index contributed by atoms with van der Waals surface area (Å²) in [5.74, 6) is -1.14. The van der Waals surface area contributed by atoms with Gasteiger partial charge in [-0.1, -0.05) is 6.07 Å². The van der Waals surface area contributed by atoms with Gasteiger partial charge in [-0.3, -0.25) is 9.59 Å². The lowest BCUT2D eigenvalue weighted by Gasteiger charge is -2.15. The van der Waals surface area contributed by atoms with E-state index in [0.29, 0.717) is 11.3 Å². The first-order valence-corrected chi connectivity index (χ1v) is 6.02. The summed E-state index contributed by atoms with van der Waals surface area (Å²) in [5, 5.41) is 9.37. The summed E-state index contributed by atoms with van der Waals surface area (Å²) in [6, 6.07) is 4.56. The number of rotatable bonds is 6. The van der Waals surface area contributed by atoms with Crippen LogP contribution in [0.15, 0.2) is 18.2 Å². The Hall–Kier alpha value is -2.04. The van der Waals surface area contributed by atoms with Crippen molar-refractivity contribution in [3.8, 4) is 11.5 Å². The number of carbonyl (C=O) groups excluding carboxylic acids is 2. The third-order valence-corrected chi connectivity index (χ3v) is 2.76. The average molecular weight is 266 g/mol. The number of hydrogen-bond donors (Lipinski definition) is 1. The van der Waals surface area contributed by atoms with Crippen LogP contribution in [0.25, 0.3) is 0 Å². The Morgan fingerprint density at radius 2 is 2.05 bits per heavy atom. The Labute approximate surface area is 112 Å². The molecule has 0 saturated heterocycles. The van der Waals surface area contributed by atoms with E-state index in [2.05, 4.69) is 0 Å². The van der Waals surface area contributed by atoms with Gasteiger partial charge in [0.15, 0.2) is 0 Å². The molecule has 0 aliphatic carbocycles. The van der Waals surface area contributed by atoms with E-state index in [1.54, 1.807) is 13.0 Å². The molecule has 0 saturated carbocycles. The zero-order chi connectivity index (χ0) is 14.4. The number of esters is 1. The molecule has 104 valence electrons. The highest BCUT2D eigenvalue weighted by Gasteiger charge is 2.26. The van der Waals surface area contributed by atoms with Gasteiger partial charge >= 0.3 is 5.97 Å². The molecule has 0 aromatic heterocycles. The van der Waals surface area contributed by atoms with Crippen molar-refractivity contribution < 1.29 is 24.2 Å². The highest BCUT2D eigenvalue weighted by atomic mass is 16.5. The summed E-state index contributed by atoms with van der Waals surface area (Å²) < 4.78 is 10.0. The van der Waals surface area contributed by atoms with Gasteiger partial charge in [0.1, 0.15) is 23.2 Å². The van der Waals surface area contributed by atoms with Crippen LogP contribution in [0.3, 0.4) is 0 Å². The molecule has 0 aliphatic rings. The molecular weight excluding hydrogens is 248 g/mol. The quantitative estimate of drug-likeness (QED) is 0.627. The minimum absolute atomic E-state index is 0.0658. The van der Waals surface area contributed by atoms with Crippen LogP contribution >= 0.6 is 0 Å². The van der Waals surface area contributed by atoms with Crippen molar-refractivity contribution in [1.29, 1.82) is 0 Å². The minimum atomic E-state index is -0.849. The Bertz CT molecular complexity index is 467. The molecular formula is C14H18O5. The number of hydrogen-bond acceptors (Lipinski definition) is 5. The second-order valence-corrected chi connectivity index (χ2v) is 4.12. The maximum Gasteiger partial charge on any atom is 0.316 e. The molecule has 1 N–H and O–H groups in total. The summed E-state index contributed by atoms with van der Waals surface area (Å²) in [4.78, 5) is 23.3. The minimum Gasteiger partial charge on any atom is -0.508 e. The van der Waals surface area contributed by atoms with Crippen molar-refractivity contribution in [3.63, 3.8) is 0 Å². The van der Waals surface area contributed by atoms with E-state index >= 15 is 0 Å². The normalized spacial score (nSPS) is 11.7. The summed E-state index contributed by atoms with van der Waals surface area (Å²) in [6.45, 7) is 3.28. The lowest BCUT2D eigenvalue weighted by Crippen LogP contribution is -2.26. The van der Waals surface area contributed by atoms with Gasteiger partial charge in [0, 0.05) is 6.07 Å². The standard InChI is InChI=1S/C14H18O5/c1-4-19-14(17)12(9(2)15)7-10-5-6-11(16)8-13(10)18-3/h5-6,8,12,16H,4,7H2,1-3H3. The monoisotopic (exact) mass is 266 g/mol. The molecule has 0 aliphatic heterocycles. The van der Waals surface area contributed by atoms with Crippen molar-refractivity contribution in [2.75, 3.05) is 13.7 Å². The lowest BCUT2D eigenvalue weighted by atomic mass is 9.95. The van der Waals surface area contributed by atoms with E-state index in [9.17, 15) is 14.7 Å². The van der Waals surface area contributed by atoms with Crippen LogP contribution in [0, 0.1) is 5.92 Å². The third kappa shape index (κ3) is 3.98. The zero-order valence-electron chi connectivity index (χ0n) is 11.3. The fourth-order valence-corrected chi connectivity index (χ4v) is 1.76. The average Bonchev–Trinajstić information content (AvgIpc) is 2.36. The predicted molar refractivity (Wildman–Crippen MR) is 69.2 cm³/mol. The number of phenolic OH excluding ortho intramolecular Hbond substituents is 1. The van der Waals surface area contributed by atoms with Gasteiger partial charge in [-0.2, -0.15) is 0 Å². The number of carbonyl (C=O) groups is 2. The Balaban J connectivity index is 2.97. The van der Waals surface area contributed by atoms with Gasteiger partial charge in [-0.25, -0.2) is 0 Å². The Morgan fingerprint density at radius 1 is 1.37 bits per heavy atom. The smallest absolute Gasteiger partial charge is 0.316 e. The molecule has 0 amide bonds. The molecule has 1 aromatic rings. The number of phenols is 1. The summed E-state index contributed by atoms with van der Waals surface area (Å²) in [6.07, 6.45) is 0.192. The first-order chi connectivity index (χ1) is 8.99. The van der Waals surface area contributed by atoms with Gasteiger partial charge in [0.25, 0.3) is 0 Å². The van der Waals surface area contributed by atoms with Gasteiger partial charge in [0.2, 0.25) is 0 Å². The van der Waals surface area contributed by atoms with Gasteiger partial charge in [-0.15, -0.1) is 0 Å². The number of ketones is 1. The Kier molecular flexibility index (Phi) is 5.36. The molecule has 1 aromatic carbocycles. The van der Waals surface area contributed by atoms with E-state index in [-0.39, 0.29) is 24.6 Å².